The summed E-state index contributed by atoms with van der Waals surface area (Å²) >= 11 is 0. The van der Waals surface area contributed by atoms with Crippen molar-refractivity contribution >= 4 is 123 Å². The molecule has 19 rings (SSSR count). The van der Waals surface area contributed by atoms with Crippen LogP contribution in [-0.4, -0.2) is 20.4 Å². The van der Waals surface area contributed by atoms with Gasteiger partial charge in [0.15, 0.2) is 0 Å². The maximum atomic E-state index is 2.63. The molecule has 6 heteroatoms. The molecule has 0 saturated heterocycles. The van der Waals surface area contributed by atoms with E-state index in [1.165, 1.54) is 93.6 Å². The molecule has 0 radical (unpaired) electrons. The lowest BCUT2D eigenvalue weighted by molar-refractivity contribution is 1.17. The minimum absolute atomic E-state index is 0.0445. The van der Waals surface area contributed by atoms with Gasteiger partial charge in [-0.15, -0.1) is 0 Å². The van der Waals surface area contributed by atoms with Crippen LogP contribution in [-0.2, 0) is 0 Å². The molecule has 90 heavy (non-hydrogen) atoms. The SMILES string of the molecule is c1ccc(-c2ccc3c(c2)c2c(c4c5cc(-c6ccccc6)ccc5n(-c5ccc6c(c5)N(c5ccccc5)c5cccc7c5B6c5ccccc5N7c5ccccc5)c4c4c5cc(-c6ccccc6)ccc5n(-c5ccccc5)c24)n3-c2ccccc2)cc1. The molecule has 0 N–H and O–H groups in total. The smallest absolute Gasteiger partial charge is 0.252 e. The zero-order valence-corrected chi connectivity index (χ0v) is 49.0. The minimum Gasteiger partial charge on any atom is -0.311 e. The lowest BCUT2D eigenvalue weighted by atomic mass is 9.33. The predicted molar refractivity (Wildman–Crippen MR) is 380 cm³/mol. The number of para-hydroxylation sites is 5. The number of rotatable bonds is 8. The molecule has 2 aliphatic rings. The molecule has 0 fully saturated rings. The molecule has 14 aromatic carbocycles. The molecule has 5 nitrogen and oxygen atoms in total. The Morgan fingerprint density at radius 3 is 0.967 bits per heavy atom. The molecule has 0 atom stereocenters. The third kappa shape index (κ3) is 7.39. The topological polar surface area (TPSA) is 21.3 Å². The van der Waals surface area contributed by atoms with Crippen LogP contribution >= 0.6 is 0 Å². The van der Waals surface area contributed by atoms with Crippen molar-refractivity contribution in [3.63, 3.8) is 0 Å². The number of aromatic nitrogens is 3. The highest BCUT2D eigenvalue weighted by molar-refractivity contribution is 7.00. The number of fused-ring (bicyclic) bond motifs is 16. The molecule has 5 heterocycles. The fourth-order valence-corrected chi connectivity index (χ4v) is 15.4. The summed E-state index contributed by atoms with van der Waals surface area (Å²) in [4.78, 5) is 5.00. The summed E-state index contributed by atoms with van der Waals surface area (Å²) in [6, 6.07) is 122. The van der Waals surface area contributed by atoms with Crippen molar-refractivity contribution in [3.8, 4) is 50.4 Å². The number of hydrogen-bond acceptors (Lipinski definition) is 2. The van der Waals surface area contributed by atoms with Crippen molar-refractivity contribution in [1.29, 1.82) is 0 Å². The zero-order valence-electron chi connectivity index (χ0n) is 49.0. The summed E-state index contributed by atoms with van der Waals surface area (Å²) in [6.07, 6.45) is 0. The van der Waals surface area contributed by atoms with Gasteiger partial charge in [0.2, 0.25) is 0 Å². The fraction of sp³-hybridized carbons (Fsp3) is 0. The largest absolute Gasteiger partial charge is 0.311 e. The first-order valence-electron chi connectivity index (χ1n) is 31.1. The third-order valence-corrected chi connectivity index (χ3v) is 19.1. The Morgan fingerprint density at radius 2 is 0.544 bits per heavy atom. The number of nitrogens with zero attached hydrogens (tertiary/aromatic N) is 5. The van der Waals surface area contributed by atoms with Crippen LogP contribution in [0.2, 0.25) is 0 Å². The van der Waals surface area contributed by atoms with Crippen LogP contribution < -0.4 is 26.2 Å². The second kappa shape index (κ2) is 19.8. The highest BCUT2D eigenvalue weighted by Gasteiger charge is 2.43. The van der Waals surface area contributed by atoms with Crippen molar-refractivity contribution in [2.24, 2.45) is 0 Å². The van der Waals surface area contributed by atoms with E-state index in [1.807, 2.05) is 0 Å². The Hall–Kier alpha value is -11.9. The number of benzene rings is 14. The van der Waals surface area contributed by atoms with Crippen LogP contribution in [0.3, 0.4) is 0 Å². The summed E-state index contributed by atoms with van der Waals surface area (Å²) in [6.45, 7) is -0.0445. The lowest BCUT2D eigenvalue weighted by Gasteiger charge is -2.44. The van der Waals surface area contributed by atoms with Crippen molar-refractivity contribution in [2.75, 3.05) is 9.80 Å². The van der Waals surface area contributed by atoms with E-state index in [-0.39, 0.29) is 6.71 Å². The van der Waals surface area contributed by atoms with Crippen LogP contribution in [0.15, 0.2) is 328 Å². The van der Waals surface area contributed by atoms with E-state index in [4.69, 9.17) is 0 Å². The summed E-state index contributed by atoms with van der Waals surface area (Å²) in [5.41, 5.74) is 28.0. The molecule has 3 aromatic heterocycles. The average molecular weight is 1140 g/mol. The van der Waals surface area contributed by atoms with Crippen molar-refractivity contribution in [2.45, 2.75) is 0 Å². The highest BCUT2D eigenvalue weighted by atomic mass is 15.2. The molecule has 418 valence electrons. The summed E-state index contributed by atoms with van der Waals surface area (Å²) < 4.78 is 7.77. The molecular weight excluding hydrogens is 1090 g/mol. The Labute approximate surface area is 521 Å². The Kier molecular flexibility index (Phi) is 11.1. The van der Waals surface area contributed by atoms with Gasteiger partial charge in [-0.1, -0.05) is 212 Å². The van der Waals surface area contributed by atoms with Gasteiger partial charge in [-0.3, -0.25) is 0 Å². The van der Waals surface area contributed by atoms with Gasteiger partial charge in [0.1, 0.15) is 0 Å². The van der Waals surface area contributed by atoms with E-state index in [9.17, 15) is 0 Å². The fourth-order valence-electron chi connectivity index (χ4n) is 15.4. The van der Waals surface area contributed by atoms with Crippen LogP contribution in [0.4, 0.5) is 34.1 Å². The van der Waals surface area contributed by atoms with Crippen molar-refractivity contribution in [3.05, 3.63) is 328 Å². The van der Waals surface area contributed by atoms with Gasteiger partial charge < -0.3 is 23.5 Å². The van der Waals surface area contributed by atoms with Gasteiger partial charge in [-0.25, -0.2) is 0 Å². The minimum atomic E-state index is -0.0445. The van der Waals surface area contributed by atoms with Crippen LogP contribution in [0.5, 0.6) is 0 Å². The van der Waals surface area contributed by atoms with E-state index in [0.29, 0.717) is 0 Å². The summed E-state index contributed by atoms with van der Waals surface area (Å²) in [7, 11) is 0. The Morgan fingerprint density at radius 1 is 0.211 bits per heavy atom. The molecule has 2 aliphatic heterocycles. The summed E-state index contributed by atoms with van der Waals surface area (Å²) in [5.74, 6) is 0. The first-order chi connectivity index (χ1) is 44.7. The van der Waals surface area contributed by atoms with Gasteiger partial charge in [0, 0.05) is 83.5 Å². The zero-order chi connectivity index (χ0) is 59.0. The molecule has 0 amide bonds. The summed E-state index contributed by atoms with van der Waals surface area (Å²) in [5, 5.41) is 7.14. The monoisotopic (exact) mass is 1140 g/mol. The van der Waals surface area contributed by atoms with Gasteiger partial charge in [-0.05, 0) is 165 Å². The Bertz CT molecular complexity index is 5630. The number of anilines is 6. The van der Waals surface area contributed by atoms with Crippen LogP contribution in [0.1, 0.15) is 0 Å². The molecule has 0 spiro atoms. The first-order valence-corrected chi connectivity index (χ1v) is 31.1. The molecule has 0 unspecified atom stereocenters. The van der Waals surface area contributed by atoms with E-state index in [0.717, 1.165) is 72.8 Å². The standard InChI is InChI=1S/C84H54BN5/c1-8-25-55(26-9-1)58-43-48-71-66(51-58)78-82-79(67-52-59(56-27-10-2-11-28-56)44-49-72(67)89(82)64-37-20-7-21-38-64)84-80(83(78)88(71)63-35-18-6-19-36-63)68-53-60(57-29-12-3-13-30-57)45-50-73(68)90(84)65-46-47-70-77(54-65)87(62-33-16-5-17-34-62)76-42-24-41-75-81(76)85(70)69-39-22-23-40-74(69)86(75)61-31-14-4-15-32-61/h1-54H. The molecule has 17 aromatic rings. The quantitative estimate of drug-likeness (QED) is 0.141. The van der Waals surface area contributed by atoms with Gasteiger partial charge in [-0.2, -0.15) is 0 Å². The van der Waals surface area contributed by atoms with E-state index >= 15 is 0 Å². The molecule has 0 aliphatic carbocycles. The Balaban J connectivity index is 1.02. The first kappa shape index (κ1) is 50.3. The van der Waals surface area contributed by atoms with E-state index in [2.05, 4.69) is 351 Å². The predicted octanol–water partition coefficient (Wildman–Crippen LogP) is 20.1. The van der Waals surface area contributed by atoms with Crippen LogP contribution in [0, 0.1) is 0 Å². The molecular formula is C84H54BN5. The van der Waals surface area contributed by atoms with Gasteiger partial charge in [0.25, 0.3) is 6.71 Å². The maximum absolute atomic E-state index is 2.63. The second-order valence-electron chi connectivity index (χ2n) is 23.9. The van der Waals surface area contributed by atoms with Crippen molar-refractivity contribution in [1.82, 2.24) is 13.7 Å². The van der Waals surface area contributed by atoms with Crippen molar-refractivity contribution < 1.29 is 0 Å². The molecule has 0 bridgehead atoms. The second-order valence-corrected chi connectivity index (χ2v) is 23.9. The van der Waals surface area contributed by atoms with Crippen LogP contribution in [0.25, 0.3) is 116 Å². The van der Waals surface area contributed by atoms with E-state index < -0.39 is 0 Å². The number of hydrogen-bond donors (Lipinski definition) is 0. The lowest BCUT2D eigenvalue weighted by Crippen LogP contribution is -2.61. The normalized spacial score (nSPS) is 12.6. The van der Waals surface area contributed by atoms with Gasteiger partial charge in [0.05, 0.1) is 33.1 Å². The van der Waals surface area contributed by atoms with E-state index in [1.54, 1.807) is 0 Å². The third-order valence-electron chi connectivity index (χ3n) is 19.1. The van der Waals surface area contributed by atoms with Gasteiger partial charge >= 0.3 is 0 Å². The average Bonchev–Trinajstić information content (AvgIpc) is 1.47. The highest BCUT2D eigenvalue weighted by Crippen LogP contribution is 2.53. The maximum Gasteiger partial charge on any atom is 0.252 e. The molecule has 0 saturated carbocycles.